The third kappa shape index (κ3) is 5.04. The first-order valence-electron chi connectivity index (χ1n) is 9.14. The van der Waals surface area contributed by atoms with E-state index in [1.54, 1.807) is 39.9 Å². The highest BCUT2D eigenvalue weighted by atomic mass is 16.5. The first-order valence-corrected chi connectivity index (χ1v) is 9.14. The lowest BCUT2D eigenvalue weighted by Gasteiger charge is -2.18. The number of aromatic nitrogens is 3. The summed E-state index contributed by atoms with van der Waals surface area (Å²) in [7, 11) is 6.72. The summed E-state index contributed by atoms with van der Waals surface area (Å²) in [5.41, 5.74) is 1.99. The zero-order chi connectivity index (χ0) is 20.6. The van der Waals surface area contributed by atoms with Crippen LogP contribution in [-0.2, 0) is 6.42 Å². The standard InChI is InChI=1S/C21H25N5O3/c1-26(12-8-15-5-9-22-10-6-15)21-23-11-7-19(25-21)24-16-13-17(27-2)20(29-4)18(14-16)28-3/h5-7,9-11,13-14H,8,12H2,1-4H3,(H,23,24,25). The summed E-state index contributed by atoms with van der Waals surface area (Å²) >= 11 is 0. The topological polar surface area (TPSA) is 81.6 Å². The molecule has 2 heterocycles. The van der Waals surface area contributed by atoms with E-state index in [2.05, 4.69) is 20.3 Å². The van der Waals surface area contributed by atoms with E-state index in [0.29, 0.717) is 29.0 Å². The molecule has 0 radical (unpaired) electrons. The maximum Gasteiger partial charge on any atom is 0.227 e. The fourth-order valence-electron chi connectivity index (χ4n) is 2.85. The number of methoxy groups -OCH3 is 3. The van der Waals surface area contributed by atoms with E-state index in [-0.39, 0.29) is 0 Å². The van der Waals surface area contributed by atoms with Crippen LogP contribution in [0.1, 0.15) is 5.56 Å². The number of rotatable bonds is 9. The molecule has 0 saturated heterocycles. The summed E-state index contributed by atoms with van der Waals surface area (Å²) in [6, 6.07) is 9.49. The largest absolute Gasteiger partial charge is 0.493 e. The quantitative estimate of drug-likeness (QED) is 0.591. The monoisotopic (exact) mass is 395 g/mol. The molecule has 29 heavy (non-hydrogen) atoms. The summed E-state index contributed by atoms with van der Waals surface area (Å²) in [6.07, 6.45) is 6.21. The van der Waals surface area contributed by atoms with Gasteiger partial charge in [0.2, 0.25) is 11.7 Å². The van der Waals surface area contributed by atoms with Crippen molar-refractivity contribution in [3.8, 4) is 17.2 Å². The molecule has 8 nitrogen and oxygen atoms in total. The van der Waals surface area contributed by atoms with E-state index >= 15 is 0 Å². The number of nitrogens with zero attached hydrogens (tertiary/aromatic N) is 4. The van der Waals surface area contributed by atoms with Gasteiger partial charge >= 0.3 is 0 Å². The van der Waals surface area contributed by atoms with Crippen molar-refractivity contribution in [2.45, 2.75) is 6.42 Å². The molecule has 0 amide bonds. The van der Waals surface area contributed by atoms with Gasteiger partial charge in [0.05, 0.1) is 21.3 Å². The molecule has 3 aromatic rings. The maximum atomic E-state index is 5.40. The van der Waals surface area contributed by atoms with Gasteiger partial charge in [-0.25, -0.2) is 4.98 Å². The Labute approximate surface area is 170 Å². The van der Waals surface area contributed by atoms with Crippen LogP contribution in [0.4, 0.5) is 17.5 Å². The van der Waals surface area contributed by atoms with Gasteiger partial charge < -0.3 is 24.4 Å². The summed E-state index contributed by atoms with van der Waals surface area (Å²) < 4.78 is 16.2. The smallest absolute Gasteiger partial charge is 0.227 e. The summed E-state index contributed by atoms with van der Waals surface area (Å²) in [5, 5.41) is 3.27. The minimum Gasteiger partial charge on any atom is -0.493 e. The Morgan fingerprint density at radius 2 is 1.62 bits per heavy atom. The van der Waals surface area contributed by atoms with Crippen molar-refractivity contribution in [3.63, 3.8) is 0 Å². The maximum absolute atomic E-state index is 5.40. The molecule has 0 aliphatic carbocycles. The molecule has 8 heteroatoms. The number of ether oxygens (including phenoxy) is 3. The first-order chi connectivity index (χ1) is 14.1. The van der Waals surface area contributed by atoms with Gasteiger partial charge in [-0.2, -0.15) is 4.98 Å². The van der Waals surface area contributed by atoms with E-state index in [1.807, 2.05) is 42.3 Å². The highest BCUT2D eigenvalue weighted by Gasteiger charge is 2.14. The minimum absolute atomic E-state index is 0.541. The van der Waals surface area contributed by atoms with Crippen molar-refractivity contribution in [1.82, 2.24) is 15.0 Å². The van der Waals surface area contributed by atoms with Crippen LogP contribution in [0.25, 0.3) is 0 Å². The van der Waals surface area contributed by atoms with Crippen LogP contribution in [0.3, 0.4) is 0 Å². The molecule has 0 aliphatic heterocycles. The van der Waals surface area contributed by atoms with Gasteiger partial charge in [-0.05, 0) is 30.2 Å². The lowest BCUT2D eigenvalue weighted by molar-refractivity contribution is 0.324. The van der Waals surface area contributed by atoms with Gasteiger partial charge in [0.25, 0.3) is 0 Å². The van der Waals surface area contributed by atoms with Crippen LogP contribution in [0, 0.1) is 0 Å². The van der Waals surface area contributed by atoms with Crippen LogP contribution in [0.15, 0.2) is 48.9 Å². The van der Waals surface area contributed by atoms with Crippen LogP contribution in [-0.4, -0.2) is 49.9 Å². The third-order valence-corrected chi connectivity index (χ3v) is 4.41. The Kier molecular flexibility index (Phi) is 6.67. The summed E-state index contributed by atoms with van der Waals surface area (Å²) in [4.78, 5) is 15.1. The molecule has 0 fully saturated rings. The van der Waals surface area contributed by atoms with Gasteiger partial charge in [-0.3, -0.25) is 4.98 Å². The highest BCUT2D eigenvalue weighted by molar-refractivity contribution is 5.66. The Bertz CT molecular complexity index is 912. The molecule has 0 atom stereocenters. The van der Waals surface area contributed by atoms with Crippen LogP contribution >= 0.6 is 0 Å². The molecule has 0 unspecified atom stereocenters. The second-order valence-electron chi connectivity index (χ2n) is 6.31. The SMILES string of the molecule is COc1cc(Nc2ccnc(N(C)CCc3ccncc3)n2)cc(OC)c1OC. The van der Waals surface area contributed by atoms with Crippen molar-refractivity contribution >= 4 is 17.5 Å². The zero-order valence-corrected chi connectivity index (χ0v) is 17.0. The molecule has 2 aromatic heterocycles. The average molecular weight is 395 g/mol. The van der Waals surface area contributed by atoms with Crippen LogP contribution in [0.2, 0.25) is 0 Å². The normalized spacial score (nSPS) is 10.3. The van der Waals surface area contributed by atoms with Crippen molar-refractivity contribution in [3.05, 3.63) is 54.5 Å². The number of pyridine rings is 1. The number of likely N-dealkylation sites (N-methyl/N-ethyl adjacent to an activating group) is 1. The summed E-state index contributed by atoms with van der Waals surface area (Å²) in [6.45, 7) is 0.789. The summed E-state index contributed by atoms with van der Waals surface area (Å²) in [5.74, 6) is 2.98. The van der Waals surface area contributed by atoms with Crippen molar-refractivity contribution in [2.24, 2.45) is 0 Å². The van der Waals surface area contributed by atoms with E-state index in [4.69, 9.17) is 14.2 Å². The molecule has 3 rings (SSSR count). The molecular formula is C21H25N5O3. The second-order valence-corrected chi connectivity index (χ2v) is 6.31. The molecule has 152 valence electrons. The molecule has 1 N–H and O–H groups in total. The molecule has 0 bridgehead atoms. The predicted octanol–water partition coefficient (Wildman–Crippen LogP) is 3.32. The number of benzene rings is 1. The van der Waals surface area contributed by atoms with Crippen LogP contribution < -0.4 is 24.4 Å². The second kappa shape index (κ2) is 9.59. The first kappa shape index (κ1) is 20.2. The van der Waals surface area contributed by atoms with Gasteiger partial charge in [-0.15, -0.1) is 0 Å². The Morgan fingerprint density at radius 1 is 0.931 bits per heavy atom. The van der Waals surface area contributed by atoms with E-state index in [0.717, 1.165) is 18.7 Å². The third-order valence-electron chi connectivity index (χ3n) is 4.41. The molecular weight excluding hydrogens is 370 g/mol. The van der Waals surface area contributed by atoms with Crippen molar-refractivity contribution in [2.75, 3.05) is 45.1 Å². The molecule has 0 saturated carbocycles. The predicted molar refractivity (Wildman–Crippen MR) is 113 cm³/mol. The van der Waals surface area contributed by atoms with Gasteiger partial charge in [0, 0.05) is 50.0 Å². The number of nitrogens with one attached hydrogen (secondary N) is 1. The highest BCUT2D eigenvalue weighted by Crippen LogP contribution is 2.40. The number of anilines is 3. The van der Waals surface area contributed by atoms with E-state index in [9.17, 15) is 0 Å². The molecule has 1 aromatic carbocycles. The number of hydrogen-bond donors (Lipinski definition) is 1. The van der Waals surface area contributed by atoms with E-state index in [1.165, 1.54) is 5.56 Å². The Balaban J connectivity index is 1.74. The van der Waals surface area contributed by atoms with Gasteiger partial charge in [0.1, 0.15) is 5.82 Å². The fourth-order valence-corrected chi connectivity index (χ4v) is 2.85. The van der Waals surface area contributed by atoms with Gasteiger partial charge in [-0.1, -0.05) is 0 Å². The van der Waals surface area contributed by atoms with Crippen molar-refractivity contribution in [1.29, 1.82) is 0 Å². The number of hydrogen-bond acceptors (Lipinski definition) is 8. The Hall–Kier alpha value is -3.55. The fraction of sp³-hybridized carbons (Fsp3) is 0.286. The van der Waals surface area contributed by atoms with E-state index < -0.39 is 0 Å². The molecule has 0 spiro atoms. The van der Waals surface area contributed by atoms with Crippen molar-refractivity contribution < 1.29 is 14.2 Å². The minimum atomic E-state index is 0.541. The average Bonchev–Trinajstić information content (AvgIpc) is 2.77. The van der Waals surface area contributed by atoms with Gasteiger partial charge in [0.15, 0.2) is 11.5 Å². The Morgan fingerprint density at radius 3 is 2.24 bits per heavy atom. The van der Waals surface area contributed by atoms with Crippen LogP contribution in [0.5, 0.6) is 17.2 Å². The molecule has 0 aliphatic rings. The lowest BCUT2D eigenvalue weighted by Crippen LogP contribution is -2.22. The zero-order valence-electron chi connectivity index (χ0n) is 17.0. The lowest BCUT2D eigenvalue weighted by atomic mass is 10.2.